The third-order valence-corrected chi connectivity index (χ3v) is 4.54. The van der Waals surface area contributed by atoms with Crippen molar-refractivity contribution < 1.29 is 9.84 Å². The first-order valence-corrected chi connectivity index (χ1v) is 8.79. The predicted octanol–water partition coefficient (Wildman–Crippen LogP) is 2.75. The minimum Gasteiger partial charge on any atom is -0.491 e. The molecule has 1 N–H and O–H groups in total. The van der Waals surface area contributed by atoms with Gasteiger partial charge in [-0.3, -0.25) is 0 Å². The largest absolute Gasteiger partial charge is 0.491 e. The Hall–Kier alpha value is -1.10. The van der Waals surface area contributed by atoms with Gasteiger partial charge in [0.1, 0.15) is 18.5 Å². The summed E-state index contributed by atoms with van der Waals surface area (Å²) >= 11 is 0. The lowest BCUT2D eigenvalue weighted by Gasteiger charge is -2.32. The summed E-state index contributed by atoms with van der Waals surface area (Å²) in [6.07, 6.45) is 6.08. The lowest BCUT2D eigenvalue weighted by molar-refractivity contribution is 0.0561. The van der Waals surface area contributed by atoms with Crippen molar-refractivity contribution >= 4 is 0 Å². The van der Waals surface area contributed by atoms with E-state index in [2.05, 4.69) is 43.1 Å². The highest BCUT2D eigenvalue weighted by atomic mass is 16.5. The van der Waals surface area contributed by atoms with Crippen molar-refractivity contribution in [2.24, 2.45) is 0 Å². The first kappa shape index (κ1) is 18.2. The van der Waals surface area contributed by atoms with Crippen LogP contribution in [0.25, 0.3) is 0 Å². The Morgan fingerprint density at radius 1 is 1.17 bits per heavy atom. The van der Waals surface area contributed by atoms with Crippen LogP contribution in [0, 0.1) is 0 Å². The van der Waals surface area contributed by atoms with Crippen LogP contribution in [0.15, 0.2) is 24.3 Å². The molecule has 130 valence electrons. The Labute approximate surface area is 141 Å². The highest BCUT2D eigenvalue weighted by Gasteiger charge is 2.20. The molecule has 0 bridgehead atoms. The van der Waals surface area contributed by atoms with Gasteiger partial charge in [0.15, 0.2) is 0 Å². The van der Waals surface area contributed by atoms with E-state index in [0.717, 1.165) is 12.3 Å². The van der Waals surface area contributed by atoms with Crippen molar-refractivity contribution in [1.29, 1.82) is 0 Å². The summed E-state index contributed by atoms with van der Waals surface area (Å²) < 4.78 is 5.78. The molecule has 0 aromatic heterocycles. The Kier molecular flexibility index (Phi) is 7.34. The fourth-order valence-corrected chi connectivity index (χ4v) is 3.35. The molecule has 0 heterocycles. The quantitative estimate of drug-likeness (QED) is 0.799. The lowest BCUT2D eigenvalue weighted by atomic mass is 9.94. The molecule has 1 atom stereocenters. The Morgan fingerprint density at radius 3 is 2.61 bits per heavy atom. The van der Waals surface area contributed by atoms with Crippen LogP contribution in [0.5, 0.6) is 5.75 Å². The first-order valence-electron chi connectivity index (χ1n) is 8.79. The molecular weight excluding hydrogens is 288 g/mol. The predicted molar refractivity (Wildman–Crippen MR) is 94.8 cm³/mol. The lowest BCUT2D eigenvalue weighted by Crippen LogP contribution is -2.40. The van der Waals surface area contributed by atoms with Gasteiger partial charge in [-0.2, -0.15) is 0 Å². The molecule has 1 aliphatic carbocycles. The molecular formula is C19H32N2O2. The van der Waals surface area contributed by atoms with E-state index >= 15 is 0 Å². The molecule has 4 heteroatoms. The molecule has 1 aliphatic rings. The van der Waals surface area contributed by atoms with E-state index in [0.29, 0.717) is 19.2 Å². The Morgan fingerprint density at radius 2 is 1.91 bits per heavy atom. The van der Waals surface area contributed by atoms with E-state index in [9.17, 15) is 5.11 Å². The second-order valence-electron chi connectivity index (χ2n) is 7.08. The van der Waals surface area contributed by atoms with Gasteiger partial charge in [-0.1, -0.05) is 31.4 Å². The zero-order chi connectivity index (χ0) is 16.7. The van der Waals surface area contributed by atoms with Gasteiger partial charge < -0.3 is 19.6 Å². The number of nitrogens with zero attached hydrogens (tertiary/aromatic N) is 2. The molecule has 0 spiro atoms. The number of rotatable bonds is 8. The van der Waals surface area contributed by atoms with Gasteiger partial charge in [-0.05, 0) is 51.7 Å². The van der Waals surface area contributed by atoms with E-state index < -0.39 is 6.10 Å². The molecule has 1 saturated carbocycles. The summed E-state index contributed by atoms with van der Waals surface area (Å²) in [6.45, 7) is 1.93. The van der Waals surface area contributed by atoms with Crippen molar-refractivity contribution in [3.63, 3.8) is 0 Å². The summed E-state index contributed by atoms with van der Waals surface area (Å²) in [7, 11) is 6.23. The maximum Gasteiger partial charge on any atom is 0.119 e. The number of hydrogen-bond donors (Lipinski definition) is 1. The first-order chi connectivity index (χ1) is 11.0. The number of ether oxygens (including phenoxy) is 1. The third kappa shape index (κ3) is 6.50. The topological polar surface area (TPSA) is 35.9 Å². The summed E-state index contributed by atoms with van der Waals surface area (Å²) in [5.74, 6) is 0.837. The zero-order valence-electron chi connectivity index (χ0n) is 14.9. The number of likely N-dealkylation sites (N-methyl/N-ethyl adjacent to an activating group) is 1. The van der Waals surface area contributed by atoms with Gasteiger partial charge in [0.05, 0.1) is 0 Å². The van der Waals surface area contributed by atoms with Gasteiger partial charge in [0.25, 0.3) is 0 Å². The molecule has 0 aliphatic heterocycles. The molecule has 23 heavy (non-hydrogen) atoms. The summed E-state index contributed by atoms with van der Waals surface area (Å²) in [4.78, 5) is 4.43. The summed E-state index contributed by atoms with van der Waals surface area (Å²) in [6, 6.07) is 8.74. The minimum atomic E-state index is -0.445. The molecule has 1 aromatic rings. The monoisotopic (exact) mass is 320 g/mol. The average Bonchev–Trinajstić information content (AvgIpc) is 2.53. The fourth-order valence-electron chi connectivity index (χ4n) is 3.35. The SMILES string of the molecule is CN(C)Cc1cccc(OCC(O)CN(C)C2CCCCC2)c1. The Balaban J connectivity index is 1.76. The second-order valence-corrected chi connectivity index (χ2v) is 7.08. The number of benzene rings is 1. The average molecular weight is 320 g/mol. The summed E-state index contributed by atoms with van der Waals surface area (Å²) in [5, 5.41) is 10.3. The van der Waals surface area contributed by atoms with Gasteiger partial charge in [-0.15, -0.1) is 0 Å². The highest BCUT2D eigenvalue weighted by molar-refractivity contribution is 5.28. The molecule has 0 radical (unpaired) electrons. The van der Waals surface area contributed by atoms with Crippen LogP contribution in [0.2, 0.25) is 0 Å². The second kappa shape index (κ2) is 9.26. The van der Waals surface area contributed by atoms with Crippen molar-refractivity contribution in [3.8, 4) is 5.75 Å². The van der Waals surface area contributed by atoms with Crippen molar-refractivity contribution in [2.45, 2.75) is 50.8 Å². The minimum absolute atomic E-state index is 0.350. The molecule has 0 saturated heterocycles. The van der Waals surface area contributed by atoms with Crippen molar-refractivity contribution in [2.75, 3.05) is 34.3 Å². The molecule has 2 rings (SSSR count). The Bertz CT molecular complexity index is 458. The molecule has 1 unspecified atom stereocenters. The maximum atomic E-state index is 10.3. The van der Waals surface area contributed by atoms with E-state index in [1.807, 2.05) is 12.1 Å². The molecule has 1 fully saturated rings. The van der Waals surface area contributed by atoms with Crippen LogP contribution in [0.4, 0.5) is 0 Å². The van der Waals surface area contributed by atoms with Crippen molar-refractivity contribution in [1.82, 2.24) is 9.80 Å². The van der Waals surface area contributed by atoms with Gasteiger partial charge in [0, 0.05) is 19.1 Å². The van der Waals surface area contributed by atoms with E-state index in [-0.39, 0.29) is 0 Å². The van der Waals surface area contributed by atoms with Gasteiger partial charge in [0.2, 0.25) is 0 Å². The fraction of sp³-hybridized carbons (Fsp3) is 0.684. The summed E-state index contributed by atoms with van der Waals surface area (Å²) in [5.41, 5.74) is 1.22. The molecule has 1 aromatic carbocycles. The van der Waals surface area contributed by atoms with Crippen molar-refractivity contribution in [3.05, 3.63) is 29.8 Å². The highest BCUT2D eigenvalue weighted by Crippen LogP contribution is 2.21. The van der Waals surface area contributed by atoms with E-state index in [1.54, 1.807) is 0 Å². The van der Waals surface area contributed by atoms with Gasteiger partial charge in [-0.25, -0.2) is 0 Å². The van der Waals surface area contributed by atoms with Crippen LogP contribution in [0.3, 0.4) is 0 Å². The van der Waals surface area contributed by atoms with Gasteiger partial charge >= 0.3 is 0 Å². The molecule has 4 nitrogen and oxygen atoms in total. The number of aliphatic hydroxyl groups excluding tert-OH is 1. The van der Waals surface area contributed by atoms with Crippen LogP contribution in [0.1, 0.15) is 37.7 Å². The van der Waals surface area contributed by atoms with E-state index in [4.69, 9.17) is 4.74 Å². The zero-order valence-corrected chi connectivity index (χ0v) is 14.9. The normalized spacial score (nSPS) is 17.7. The van der Waals surface area contributed by atoms with Crippen LogP contribution < -0.4 is 4.74 Å². The van der Waals surface area contributed by atoms with Crippen LogP contribution in [-0.2, 0) is 6.54 Å². The molecule has 0 amide bonds. The smallest absolute Gasteiger partial charge is 0.119 e. The maximum absolute atomic E-state index is 10.3. The van der Waals surface area contributed by atoms with Crippen LogP contribution in [-0.4, -0.2) is 61.3 Å². The number of hydrogen-bond acceptors (Lipinski definition) is 4. The van der Waals surface area contributed by atoms with E-state index in [1.165, 1.54) is 37.7 Å². The third-order valence-electron chi connectivity index (χ3n) is 4.54. The standard InChI is InChI=1S/C19H32N2O2/c1-20(2)13-16-8-7-11-19(12-16)23-15-18(22)14-21(3)17-9-5-4-6-10-17/h7-8,11-12,17-18,22H,4-6,9-10,13-15H2,1-3H3. The van der Waals surface area contributed by atoms with Crippen LogP contribution >= 0.6 is 0 Å². The number of aliphatic hydroxyl groups is 1.